The van der Waals surface area contributed by atoms with E-state index in [1.165, 1.54) is 0 Å². The molecule has 172 valence electrons. The molecule has 0 aliphatic rings. The minimum Gasteiger partial charge on any atom is -0.448 e. The van der Waals surface area contributed by atoms with Crippen molar-refractivity contribution < 1.29 is 9.53 Å². The lowest BCUT2D eigenvalue weighted by molar-refractivity contribution is 0.164. The van der Waals surface area contributed by atoms with Crippen molar-refractivity contribution in [2.24, 2.45) is 4.74 Å². The maximum Gasteiger partial charge on any atom is 0.432 e. The summed E-state index contributed by atoms with van der Waals surface area (Å²) in [6.45, 7) is 2.10. The number of nitrogens with one attached hydrogen (secondary N) is 1. The van der Waals surface area contributed by atoms with Gasteiger partial charge in [0.05, 0.1) is 12.6 Å². The third-order valence-corrected chi connectivity index (χ3v) is 9.35. The Balaban J connectivity index is 1.91. The Kier molecular flexibility index (Phi) is 7.95. The molecule has 0 heterocycles. The topological polar surface area (TPSA) is 50.7 Å². The predicted octanol–water partition coefficient (Wildman–Crippen LogP) is 6.85. The molecule has 4 nitrogen and oxygen atoms in total. The second-order valence-corrected chi connectivity index (χ2v) is 11.0. The number of benzene rings is 4. The Morgan fingerprint density at radius 2 is 1.24 bits per heavy atom. The quantitative estimate of drug-likeness (QED) is 0.288. The van der Waals surface area contributed by atoms with Crippen molar-refractivity contribution in [3.05, 3.63) is 127 Å². The summed E-state index contributed by atoms with van der Waals surface area (Å²) in [7, 11) is -2.56. The van der Waals surface area contributed by atoms with Gasteiger partial charge >= 0.3 is 6.09 Å². The van der Waals surface area contributed by atoms with Gasteiger partial charge in [-0.05, 0) is 35.2 Å². The smallest absolute Gasteiger partial charge is 0.432 e. The molecule has 0 aromatic heterocycles. The van der Waals surface area contributed by atoms with E-state index in [9.17, 15) is 4.79 Å². The summed E-state index contributed by atoms with van der Waals surface area (Å²) in [6.07, 6.45) is 0.105. The SMILES string of the molecule is CCOC(=O)N=P(CC(Nc1ccccc1)c1ccccc1)(c1ccccc1)c1ccccc1. The van der Waals surface area contributed by atoms with Crippen molar-refractivity contribution in [1.82, 2.24) is 0 Å². The first-order chi connectivity index (χ1) is 16.7. The van der Waals surface area contributed by atoms with Crippen LogP contribution in [0, 0.1) is 0 Å². The molecular weight excluding hydrogens is 439 g/mol. The van der Waals surface area contributed by atoms with Crippen LogP contribution < -0.4 is 15.9 Å². The molecule has 1 N–H and O–H groups in total. The third kappa shape index (κ3) is 5.65. The van der Waals surface area contributed by atoms with Gasteiger partial charge in [-0.3, -0.25) is 0 Å². The second kappa shape index (κ2) is 11.5. The number of ether oxygens (including phenoxy) is 1. The van der Waals surface area contributed by atoms with E-state index < -0.39 is 13.1 Å². The molecule has 0 saturated heterocycles. The van der Waals surface area contributed by atoms with Gasteiger partial charge in [0.15, 0.2) is 0 Å². The molecule has 4 rings (SSSR count). The molecule has 1 amide bonds. The fraction of sp³-hybridized carbons (Fsp3) is 0.138. The van der Waals surface area contributed by atoms with Crippen molar-refractivity contribution in [3.8, 4) is 0 Å². The van der Waals surface area contributed by atoms with Gasteiger partial charge in [0, 0.05) is 18.9 Å². The van der Waals surface area contributed by atoms with Crippen LogP contribution in [0.3, 0.4) is 0 Å². The number of hydrogen-bond donors (Lipinski definition) is 1. The molecule has 4 aromatic rings. The maximum atomic E-state index is 12.9. The number of para-hydroxylation sites is 1. The molecule has 1 unspecified atom stereocenters. The van der Waals surface area contributed by atoms with E-state index in [-0.39, 0.29) is 12.6 Å². The molecule has 4 aromatic carbocycles. The van der Waals surface area contributed by atoms with E-state index >= 15 is 0 Å². The van der Waals surface area contributed by atoms with E-state index in [4.69, 9.17) is 9.48 Å². The zero-order valence-corrected chi connectivity index (χ0v) is 20.1. The Labute approximate surface area is 201 Å². The van der Waals surface area contributed by atoms with Gasteiger partial charge in [0.2, 0.25) is 0 Å². The molecule has 0 radical (unpaired) electrons. The fourth-order valence-electron chi connectivity index (χ4n) is 4.08. The largest absolute Gasteiger partial charge is 0.448 e. The molecule has 0 aliphatic heterocycles. The second-order valence-electron chi connectivity index (χ2n) is 7.90. The minimum atomic E-state index is -2.56. The standard InChI is InChI=1S/C29H29N2O2P/c1-2-33-29(32)31-34(26-19-11-5-12-20-26,27-21-13-6-14-22-27)23-28(24-15-7-3-8-16-24)30-25-17-9-4-10-18-25/h3-22,28,30H,2,23H2,1H3. The Hall–Kier alpha value is -3.62. The average Bonchev–Trinajstić information content (AvgIpc) is 2.90. The molecule has 0 fully saturated rings. The predicted molar refractivity (Wildman–Crippen MR) is 143 cm³/mol. The Bertz CT molecular complexity index is 1190. The number of nitrogens with zero attached hydrogens (tertiary/aromatic N) is 1. The van der Waals surface area contributed by atoms with Crippen molar-refractivity contribution >= 4 is 29.4 Å². The van der Waals surface area contributed by atoms with Crippen LogP contribution in [-0.2, 0) is 4.74 Å². The van der Waals surface area contributed by atoms with Crippen LogP contribution in [0.5, 0.6) is 0 Å². The lowest BCUT2D eigenvalue weighted by Crippen LogP contribution is -2.26. The van der Waals surface area contributed by atoms with Crippen LogP contribution in [-0.4, -0.2) is 18.9 Å². The van der Waals surface area contributed by atoms with E-state index in [2.05, 4.69) is 53.8 Å². The first-order valence-corrected chi connectivity index (χ1v) is 13.4. The van der Waals surface area contributed by atoms with Gasteiger partial charge in [-0.15, -0.1) is 0 Å². The van der Waals surface area contributed by atoms with Crippen LogP contribution >= 0.6 is 7.05 Å². The molecule has 0 bridgehead atoms. The molecule has 1 atom stereocenters. The normalized spacial score (nSPS) is 11.9. The van der Waals surface area contributed by atoms with Gasteiger partial charge in [-0.1, -0.05) is 109 Å². The summed E-state index contributed by atoms with van der Waals surface area (Å²) in [4.78, 5) is 12.9. The van der Waals surface area contributed by atoms with Gasteiger partial charge in [0.25, 0.3) is 0 Å². The Morgan fingerprint density at radius 3 is 1.74 bits per heavy atom. The molecule has 34 heavy (non-hydrogen) atoms. The summed E-state index contributed by atoms with van der Waals surface area (Å²) in [6, 6.07) is 40.8. The van der Waals surface area contributed by atoms with Crippen LogP contribution in [0.15, 0.2) is 126 Å². The molecule has 0 saturated carbocycles. The minimum absolute atomic E-state index is 0.0736. The van der Waals surface area contributed by atoms with E-state index in [0.717, 1.165) is 21.9 Å². The summed E-state index contributed by atoms with van der Waals surface area (Å²) in [5, 5.41) is 5.80. The number of amides is 1. The van der Waals surface area contributed by atoms with Crippen molar-refractivity contribution in [3.63, 3.8) is 0 Å². The maximum absolute atomic E-state index is 12.9. The Morgan fingerprint density at radius 1 is 0.765 bits per heavy atom. The molecular formula is C29H29N2O2P. The molecule has 5 heteroatoms. The first kappa shape index (κ1) is 23.5. The summed E-state index contributed by atoms with van der Waals surface area (Å²) < 4.78 is 10.2. The fourth-order valence-corrected chi connectivity index (χ4v) is 7.61. The summed E-state index contributed by atoms with van der Waals surface area (Å²) in [5.41, 5.74) is 2.16. The first-order valence-electron chi connectivity index (χ1n) is 11.5. The zero-order valence-electron chi connectivity index (χ0n) is 19.2. The average molecular weight is 469 g/mol. The number of anilines is 1. The van der Waals surface area contributed by atoms with Crippen molar-refractivity contribution in [2.75, 3.05) is 18.1 Å². The summed E-state index contributed by atoms with van der Waals surface area (Å²) in [5.74, 6) is 0. The highest BCUT2D eigenvalue weighted by atomic mass is 31.2. The highest BCUT2D eigenvalue weighted by Gasteiger charge is 2.31. The van der Waals surface area contributed by atoms with Crippen molar-refractivity contribution in [2.45, 2.75) is 13.0 Å². The number of carbonyl (C=O) groups is 1. The highest BCUT2D eigenvalue weighted by Crippen LogP contribution is 2.51. The molecule has 0 aliphatic carbocycles. The molecule has 0 spiro atoms. The van der Waals surface area contributed by atoms with Crippen LogP contribution in [0.1, 0.15) is 18.5 Å². The van der Waals surface area contributed by atoms with Crippen LogP contribution in [0.4, 0.5) is 10.5 Å². The highest BCUT2D eigenvalue weighted by molar-refractivity contribution is 7.81. The van der Waals surface area contributed by atoms with E-state index in [1.807, 2.05) is 79.7 Å². The van der Waals surface area contributed by atoms with Crippen LogP contribution in [0.2, 0.25) is 0 Å². The third-order valence-electron chi connectivity index (χ3n) is 5.65. The number of hydrogen-bond acceptors (Lipinski definition) is 3. The lowest BCUT2D eigenvalue weighted by atomic mass is 10.1. The van der Waals surface area contributed by atoms with Gasteiger partial charge in [-0.2, -0.15) is 4.74 Å². The van der Waals surface area contributed by atoms with E-state index in [1.54, 1.807) is 0 Å². The zero-order chi connectivity index (χ0) is 23.6. The van der Waals surface area contributed by atoms with Gasteiger partial charge in [0.1, 0.15) is 0 Å². The van der Waals surface area contributed by atoms with Gasteiger partial charge in [-0.25, -0.2) is 4.79 Å². The number of rotatable bonds is 8. The van der Waals surface area contributed by atoms with Crippen LogP contribution in [0.25, 0.3) is 0 Å². The lowest BCUT2D eigenvalue weighted by Gasteiger charge is -2.31. The number of carbonyl (C=O) groups excluding carboxylic acids is 1. The summed E-state index contributed by atoms with van der Waals surface area (Å²) >= 11 is 0. The van der Waals surface area contributed by atoms with E-state index in [0.29, 0.717) is 6.16 Å². The van der Waals surface area contributed by atoms with Gasteiger partial charge < -0.3 is 10.1 Å². The monoisotopic (exact) mass is 468 g/mol. The van der Waals surface area contributed by atoms with Crippen molar-refractivity contribution in [1.29, 1.82) is 0 Å².